The van der Waals surface area contributed by atoms with E-state index in [-0.39, 0.29) is 11.5 Å². The van der Waals surface area contributed by atoms with Crippen molar-refractivity contribution in [2.45, 2.75) is 19.8 Å². The number of carbonyl (C=O) groups excluding carboxylic acids is 1. The molecule has 2 heteroatoms. The lowest BCUT2D eigenvalue weighted by atomic mass is 10.0. The van der Waals surface area contributed by atoms with Crippen LogP contribution in [0.3, 0.4) is 0 Å². The molecule has 102 valence electrons. The maximum Gasteiger partial charge on any atom is 0.185 e. The van der Waals surface area contributed by atoms with Crippen molar-refractivity contribution in [2.75, 3.05) is 0 Å². The topological polar surface area (TPSA) is 37.3 Å². The minimum Gasteiger partial charge on any atom is -0.508 e. The molecule has 20 heavy (non-hydrogen) atoms. The van der Waals surface area contributed by atoms with E-state index in [2.05, 4.69) is 26.0 Å². The van der Waals surface area contributed by atoms with E-state index < -0.39 is 0 Å². The Labute approximate surface area is 119 Å². The van der Waals surface area contributed by atoms with Crippen LogP contribution >= 0.6 is 0 Å². The summed E-state index contributed by atoms with van der Waals surface area (Å²) < 4.78 is 0. The van der Waals surface area contributed by atoms with E-state index in [4.69, 9.17) is 0 Å². The molecule has 0 amide bonds. The van der Waals surface area contributed by atoms with Gasteiger partial charge in [-0.3, -0.25) is 4.79 Å². The van der Waals surface area contributed by atoms with Gasteiger partial charge in [-0.25, -0.2) is 0 Å². The molecule has 0 saturated heterocycles. The first-order chi connectivity index (χ1) is 9.56. The zero-order chi connectivity index (χ0) is 14.5. The molecule has 0 aliphatic rings. The molecule has 0 fully saturated rings. The minimum atomic E-state index is -0.0714. The number of phenolic OH excluding ortho intramolecular Hbond substituents is 1. The Morgan fingerprint density at radius 2 is 1.60 bits per heavy atom. The molecule has 2 rings (SSSR count). The molecular formula is C18H18O2. The molecule has 0 spiro atoms. The third-order valence-electron chi connectivity index (χ3n) is 3.18. The number of ketones is 1. The van der Waals surface area contributed by atoms with Gasteiger partial charge in [-0.05, 0) is 47.4 Å². The van der Waals surface area contributed by atoms with Gasteiger partial charge in [-0.1, -0.05) is 44.2 Å². The van der Waals surface area contributed by atoms with Crippen LogP contribution in [-0.4, -0.2) is 10.9 Å². The highest BCUT2D eigenvalue weighted by Gasteiger charge is 2.01. The van der Waals surface area contributed by atoms with E-state index in [0.717, 1.165) is 5.56 Å². The highest BCUT2D eigenvalue weighted by molar-refractivity contribution is 6.06. The minimum absolute atomic E-state index is 0.0714. The van der Waals surface area contributed by atoms with Crippen LogP contribution in [0.25, 0.3) is 6.08 Å². The molecule has 0 aliphatic heterocycles. The van der Waals surface area contributed by atoms with Crippen molar-refractivity contribution in [3.63, 3.8) is 0 Å². The largest absolute Gasteiger partial charge is 0.508 e. The number of rotatable bonds is 4. The second kappa shape index (κ2) is 6.20. The van der Waals surface area contributed by atoms with E-state index in [1.54, 1.807) is 24.3 Å². The number of phenols is 1. The average molecular weight is 266 g/mol. The third-order valence-corrected chi connectivity index (χ3v) is 3.18. The van der Waals surface area contributed by atoms with Crippen LogP contribution in [0.5, 0.6) is 5.75 Å². The van der Waals surface area contributed by atoms with Crippen molar-refractivity contribution in [3.05, 3.63) is 71.3 Å². The van der Waals surface area contributed by atoms with Gasteiger partial charge in [0.1, 0.15) is 5.75 Å². The van der Waals surface area contributed by atoms with Gasteiger partial charge in [0, 0.05) is 5.56 Å². The summed E-state index contributed by atoms with van der Waals surface area (Å²) in [6.45, 7) is 4.30. The van der Waals surface area contributed by atoms with Gasteiger partial charge >= 0.3 is 0 Å². The van der Waals surface area contributed by atoms with Crippen LogP contribution in [0.15, 0.2) is 54.6 Å². The zero-order valence-corrected chi connectivity index (χ0v) is 11.7. The smallest absolute Gasteiger partial charge is 0.185 e. The fraction of sp³-hybridized carbons (Fsp3) is 0.167. The van der Waals surface area contributed by atoms with Crippen LogP contribution in [0.4, 0.5) is 0 Å². The highest BCUT2D eigenvalue weighted by atomic mass is 16.3. The molecule has 0 bridgehead atoms. The van der Waals surface area contributed by atoms with Gasteiger partial charge in [0.25, 0.3) is 0 Å². The number of hydrogen-bond donors (Lipinski definition) is 1. The van der Waals surface area contributed by atoms with Gasteiger partial charge in [0.2, 0.25) is 0 Å². The molecule has 0 unspecified atom stereocenters. The molecule has 0 radical (unpaired) electrons. The highest BCUT2D eigenvalue weighted by Crippen LogP contribution is 2.16. The predicted octanol–water partition coefficient (Wildman–Crippen LogP) is 4.41. The maximum absolute atomic E-state index is 11.9. The summed E-state index contributed by atoms with van der Waals surface area (Å²) in [4.78, 5) is 11.9. The molecule has 2 aromatic rings. The van der Waals surface area contributed by atoms with E-state index >= 15 is 0 Å². The number of benzene rings is 2. The molecular weight excluding hydrogens is 248 g/mol. The van der Waals surface area contributed by atoms with Gasteiger partial charge in [0.15, 0.2) is 5.78 Å². The van der Waals surface area contributed by atoms with Crippen LogP contribution in [0.1, 0.15) is 41.3 Å². The summed E-state index contributed by atoms with van der Waals surface area (Å²) in [6, 6.07) is 14.4. The summed E-state index contributed by atoms with van der Waals surface area (Å²) in [5, 5.41) is 9.19. The fourth-order valence-corrected chi connectivity index (χ4v) is 1.89. The Hall–Kier alpha value is -2.35. The van der Waals surface area contributed by atoms with Crippen molar-refractivity contribution < 1.29 is 9.90 Å². The standard InChI is InChI=1S/C18H18O2/c1-13(2)15-6-3-14(4-7-15)5-12-18(20)16-8-10-17(19)11-9-16/h3-13,19H,1-2H3/b12-5+. The van der Waals surface area contributed by atoms with E-state index in [1.165, 1.54) is 17.7 Å². The monoisotopic (exact) mass is 266 g/mol. The first kappa shape index (κ1) is 14.1. The van der Waals surface area contributed by atoms with E-state index in [1.807, 2.05) is 12.1 Å². The number of allylic oxidation sites excluding steroid dienone is 1. The van der Waals surface area contributed by atoms with Gasteiger partial charge in [0.05, 0.1) is 0 Å². The van der Waals surface area contributed by atoms with Crippen LogP contribution < -0.4 is 0 Å². The molecule has 2 nitrogen and oxygen atoms in total. The van der Waals surface area contributed by atoms with Crippen LogP contribution in [0, 0.1) is 0 Å². The fourth-order valence-electron chi connectivity index (χ4n) is 1.89. The summed E-state index contributed by atoms with van der Waals surface area (Å²) in [7, 11) is 0. The zero-order valence-electron chi connectivity index (χ0n) is 11.7. The number of hydrogen-bond acceptors (Lipinski definition) is 2. The van der Waals surface area contributed by atoms with E-state index in [0.29, 0.717) is 11.5 Å². The molecule has 0 atom stereocenters. The molecule has 0 aromatic heterocycles. The van der Waals surface area contributed by atoms with Crippen molar-refractivity contribution in [2.24, 2.45) is 0 Å². The van der Waals surface area contributed by atoms with E-state index in [9.17, 15) is 9.90 Å². The SMILES string of the molecule is CC(C)c1ccc(/C=C/C(=O)c2ccc(O)cc2)cc1. The average Bonchev–Trinajstić information content (AvgIpc) is 2.46. The quantitative estimate of drug-likeness (QED) is 0.657. The third kappa shape index (κ3) is 3.58. The lowest BCUT2D eigenvalue weighted by Crippen LogP contribution is -1.93. The Balaban J connectivity index is 2.08. The summed E-state index contributed by atoms with van der Waals surface area (Å²) in [6.07, 6.45) is 3.36. The number of aromatic hydroxyl groups is 1. The molecule has 0 heterocycles. The first-order valence-electron chi connectivity index (χ1n) is 6.67. The first-order valence-corrected chi connectivity index (χ1v) is 6.67. The normalized spacial score (nSPS) is 11.2. The Morgan fingerprint density at radius 1 is 1.00 bits per heavy atom. The molecule has 0 saturated carbocycles. The second-order valence-electron chi connectivity index (χ2n) is 5.07. The van der Waals surface area contributed by atoms with Gasteiger partial charge in [-0.2, -0.15) is 0 Å². The van der Waals surface area contributed by atoms with Crippen LogP contribution in [-0.2, 0) is 0 Å². The lowest BCUT2D eigenvalue weighted by Gasteiger charge is -2.04. The molecule has 1 N–H and O–H groups in total. The Bertz CT molecular complexity index is 605. The molecule has 2 aromatic carbocycles. The van der Waals surface area contributed by atoms with Crippen molar-refractivity contribution in [1.29, 1.82) is 0 Å². The van der Waals surface area contributed by atoms with Gasteiger partial charge in [-0.15, -0.1) is 0 Å². The summed E-state index contributed by atoms with van der Waals surface area (Å²) in [5.74, 6) is 0.597. The van der Waals surface area contributed by atoms with Crippen molar-refractivity contribution in [1.82, 2.24) is 0 Å². The maximum atomic E-state index is 11.9. The van der Waals surface area contributed by atoms with Gasteiger partial charge < -0.3 is 5.11 Å². The van der Waals surface area contributed by atoms with Crippen molar-refractivity contribution >= 4 is 11.9 Å². The van der Waals surface area contributed by atoms with Crippen LogP contribution in [0.2, 0.25) is 0 Å². The second-order valence-corrected chi connectivity index (χ2v) is 5.07. The predicted molar refractivity (Wildman–Crippen MR) is 82.0 cm³/mol. The lowest BCUT2D eigenvalue weighted by molar-refractivity contribution is 0.104. The molecule has 0 aliphatic carbocycles. The Morgan fingerprint density at radius 3 is 2.15 bits per heavy atom. The Kier molecular flexibility index (Phi) is 4.36. The number of carbonyl (C=O) groups is 1. The van der Waals surface area contributed by atoms with Crippen molar-refractivity contribution in [3.8, 4) is 5.75 Å². The summed E-state index contributed by atoms with van der Waals surface area (Å²) >= 11 is 0. The summed E-state index contributed by atoms with van der Waals surface area (Å²) in [5.41, 5.74) is 2.85.